The summed E-state index contributed by atoms with van der Waals surface area (Å²) >= 11 is 0. The van der Waals surface area contributed by atoms with Crippen LogP contribution in [0.5, 0.6) is 0 Å². The molecule has 0 unspecified atom stereocenters. The maximum Gasteiger partial charge on any atom is 0.0624 e. The predicted octanol–water partition coefficient (Wildman–Crippen LogP) is 1.75. The third-order valence-electron chi connectivity index (χ3n) is 3.25. The summed E-state index contributed by atoms with van der Waals surface area (Å²) in [5, 5.41) is 0. The summed E-state index contributed by atoms with van der Waals surface area (Å²) in [6.45, 7) is 0. The summed E-state index contributed by atoms with van der Waals surface area (Å²) in [6, 6.07) is 0. The largest absolute Gasteiger partial charge is 0.258 e. The number of hydrogen-bond acceptors (Lipinski definition) is 2. The maximum atomic E-state index is 4.39. The van der Waals surface area contributed by atoms with E-state index in [-0.39, 0.29) is 0 Å². The molecule has 0 N–H and O–H groups in total. The first-order chi connectivity index (χ1) is 5.88. The van der Waals surface area contributed by atoms with Crippen molar-refractivity contribution in [1.29, 1.82) is 0 Å². The van der Waals surface area contributed by atoms with Gasteiger partial charge >= 0.3 is 0 Å². The standard InChI is InChI=1S/C10H12N2/c1-2-10(3-4-10)7-9-8(1)11-5-6-12-9/h5-6H,1-4,7H2. The van der Waals surface area contributed by atoms with Crippen molar-refractivity contribution in [3.63, 3.8) is 0 Å². The van der Waals surface area contributed by atoms with Gasteiger partial charge in [-0.2, -0.15) is 0 Å². The molecule has 12 heavy (non-hydrogen) atoms. The molecule has 0 saturated heterocycles. The molecule has 0 aromatic carbocycles. The number of rotatable bonds is 0. The van der Waals surface area contributed by atoms with Crippen LogP contribution in [-0.4, -0.2) is 9.97 Å². The van der Waals surface area contributed by atoms with Crippen LogP contribution in [0, 0.1) is 5.41 Å². The first-order valence-electron chi connectivity index (χ1n) is 4.67. The molecule has 0 aliphatic heterocycles. The van der Waals surface area contributed by atoms with Crippen molar-refractivity contribution in [3.05, 3.63) is 23.8 Å². The molecule has 0 amide bonds. The Hall–Kier alpha value is -0.920. The van der Waals surface area contributed by atoms with Gasteiger partial charge in [0.05, 0.1) is 11.4 Å². The summed E-state index contributed by atoms with van der Waals surface area (Å²) in [5.74, 6) is 0. The van der Waals surface area contributed by atoms with Crippen molar-refractivity contribution >= 4 is 0 Å². The maximum absolute atomic E-state index is 4.39. The minimum absolute atomic E-state index is 0.670. The molecule has 62 valence electrons. The molecule has 1 fully saturated rings. The molecular formula is C10H12N2. The number of nitrogens with zero attached hydrogens (tertiary/aromatic N) is 2. The van der Waals surface area contributed by atoms with Gasteiger partial charge in [-0.1, -0.05) is 0 Å². The molecule has 0 radical (unpaired) electrons. The quantitative estimate of drug-likeness (QED) is 0.577. The van der Waals surface area contributed by atoms with E-state index in [4.69, 9.17) is 0 Å². The van der Waals surface area contributed by atoms with Gasteiger partial charge in [0.25, 0.3) is 0 Å². The molecule has 0 atom stereocenters. The van der Waals surface area contributed by atoms with Crippen molar-refractivity contribution in [2.45, 2.75) is 32.1 Å². The Balaban J connectivity index is 2.01. The summed E-state index contributed by atoms with van der Waals surface area (Å²) in [4.78, 5) is 8.74. The Bertz CT molecular complexity index is 315. The Morgan fingerprint density at radius 1 is 1.00 bits per heavy atom. The molecule has 2 heteroatoms. The van der Waals surface area contributed by atoms with Gasteiger partial charge in [0, 0.05) is 12.4 Å². The van der Waals surface area contributed by atoms with Gasteiger partial charge in [0.2, 0.25) is 0 Å². The molecule has 2 aliphatic rings. The number of aromatic nitrogens is 2. The molecule has 1 heterocycles. The van der Waals surface area contributed by atoms with Crippen molar-refractivity contribution < 1.29 is 0 Å². The highest BCUT2D eigenvalue weighted by molar-refractivity contribution is 5.20. The van der Waals surface area contributed by atoms with E-state index < -0.39 is 0 Å². The zero-order chi connectivity index (χ0) is 8.02. The van der Waals surface area contributed by atoms with Gasteiger partial charge in [-0.3, -0.25) is 9.97 Å². The monoisotopic (exact) mass is 160 g/mol. The molecule has 1 aromatic heterocycles. The molecular weight excluding hydrogens is 148 g/mol. The fraction of sp³-hybridized carbons (Fsp3) is 0.600. The normalized spacial score (nSPS) is 23.7. The van der Waals surface area contributed by atoms with E-state index in [1.165, 1.54) is 37.1 Å². The van der Waals surface area contributed by atoms with Gasteiger partial charge in [-0.05, 0) is 37.5 Å². The van der Waals surface area contributed by atoms with Crippen LogP contribution in [0.15, 0.2) is 12.4 Å². The second kappa shape index (κ2) is 2.06. The van der Waals surface area contributed by atoms with Crippen LogP contribution in [0.2, 0.25) is 0 Å². The van der Waals surface area contributed by atoms with Gasteiger partial charge in [-0.25, -0.2) is 0 Å². The molecule has 2 aliphatic carbocycles. The third-order valence-corrected chi connectivity index (χ3v) is 3.25. The van der Waals surface area contributed by atoms with Crippen molar-refractivity contribution in [1.82, 2.24) is 9.97 Å². The summed E-state index contributed by atoms with van der Waals surface area (Å²) in [6.07, 6.45) is 10.2. The molecule has 1 saturated carbocycles. The average molecular weight is 160 g/mol. The number of aryl methyl sites for hydroxylation is 1. The highest BCUT2D eigenvalue weighted by atomic mass is 14.8. The number of fused-ring (bicyclic) bond motifs is 1. The van der Waals surface area contributed by atoms with E-state index in [1.807, 2.05) is 12.4 Å². The third kappa shape index (κ3) is 0.872. The van der Waals surface area contributed by atoms with Crippen LogP contribution in [-0.2, 0) is 12.8 Å². The van der Waals surface area contributed by atoms with Gasteiger partial charge in [0.1, 0.15) is 0 Å². The molecule has 2 nitrogen and oxygen atoms in total. The van der Waals surface area contributed by atoms with Crippen LogP contribution in [0.25, 0.3) is 0 Å². The van der Waals surface area contributed by atoms with E-state index in [0.29, 0.717) is 5.41 Å². The Morgan fingerprint density at radius 2 is 1.75 bits per heavy atom. The topological polar surface area (TPSA) is 25.8 Å². The van der Waals surface area contributed by atoms with E-state index in [9.17, 15) is 0 Å². The molecule has 1 spiro atoms. The lowest BCUT2D eigenvalue weighted by Gasteiger charge is -2.21. The van der Waals surface area contributed by atoms with Crippen LogP contribution in [0.1, 0.15) is 30.7 Å². The Morgan fingerprint density at radius 3 is 2.50 bits per heavy atom. The second-order valence-electron chi connectivity index (χ2n) is 4.13. The van der Waals surface area contributed by atoms with Crippen LogP contribution in [0.3, 0.4) is 0 Å². The SMILES string of the molecule is c1cnc2c(n1)CCC1(CC1)C2. The van der Waals surface area contributed by atoms with Gasteiger partial charge in [0.15, 0.2) is 0 Å². The summed E-state index contributed by atoms with van der Waals surface area (Å²) in [7, 11) is 0. The van der Waals surface area contributed by atoms with Crippen molar-refractivity contribution in [2.75, 3.05) is 0 Å². The summed E-state index contributed by atoms with van der Waals surface area (Å²) in [5.41, 5.74) is 3.18. The van der Waals surface area contributed by atoms with E-state index >= 15 is 0 Å². The van der Waals surface area contributed by atoms with Gasteiger partial charge < -0.3 is 0 Å². The lowest BCUT2D eigenvalue weighted by Crippen LogP contribution is -2.17. The van der Waals surface area contributed by atoms with Crippen molar-refractivity contribution in [2.24, 2.45) is 5.41 Å². The minimum atomic E-state index is 0.670. The van der Waals surface area contributed by atoms with Crippen LogP contribution in [0.4, 0.5) is 0 Å². The lowest BCUT2D eigenvalue weighted by molar-refractivity contribution is 0.424. The molecule has 3 rings (SSSR count). The Kier molecular flexibility index (Phi) is 1.13. The van der Waals surface area contributed by atoms with Crippen molar-refractivity contribution in [3.8, 4) is 0 Å². The highest BCUT2D eigenvalue weighted by Gasteiger charge is 2.45. The molecule has 1 aromatic rings. The fourth-order valence-electron chi connectivity index (χ4n) is 2.18. The fourth-order valence-corrected chi connectivity index (χ4v) is 2.18. The Labute approximate surface area is 72.0 Å². The lowest BCUT2D eigenvalue weighted by atomic mass is 9.87. The number of hydrogen-bond donors (Lipinski definition) is 0. The summed E-state index contributed by atoms with van der Waals surface area (Å²) < 4.78 is 0. The first-order valence-corrected chi connectivity index (χ1v) is 4.67. The average Bonchev–Trinajstić information content (AvgIpc) is 2.85. The van der Waals surface area contributed by atoms with Crippen LogP contribution < -0.4 is 0 Å². The zero-order valence-corrected chi connectivity index (χ0v) is 7.08. The smallest absolute Gasteiger partial charge is 0.0624 e. The van der Waals surface area contributed by atoms with Crippen LogP contribution >= 0.6 is 0 Å². The first kappa shape index (κ1) is 6.58. The predicted molar refractivity (Wildman–Crippen MR) is 45.7 cm³/mol. The second-order valence-corrected chi connectivity index (χ2v) is 4.13. The minimum Gasteiger partial charge on any atom is -0.258 e. The van der Waals surface area contributed by atoms with E-state index in [1.54, 1.807) is 0 Å². The van der Waals surface area contributed by atoms with Gasteiger partial charge in [-0.15, -0.1) is 0 Å². The van der Waals surface area contributed by atoms with E-state index in [2.05, 4.69) is 9.97 Å². The zero-order valence-electron chi connectivity index (χ0n) is 7.08. The highest BCUT2D eigenvalue weighted by Crippen LogP contribution is 2.53. The van der Waals surface area contributed by atoms with E-state index in [0.717, 1.165) is 6.42 Å². The molecule has 0 bridgehead atoms.